The second-order valence-corrected chi connectivity index (χ2v) is 3.49. The predicted molar refractivity (Wildman–Crippen MR) is 60.3 cm³/mol. The molecule has 0 atom stereocenters. The van der Waals surface area contributed by atoms with Crippen molar-refractivity contribution in [3.8, 4) is 0 Å². The number of fused-ring (bicyclic) bond motifs is 1. The maximum absolute atomic E-state index is 11.3. The van der Waals surface area contributed by atoms with Crippen LogP contribution in [-0.4, -0.2) is 21.4 Å². The maximum Gasteiger partial charge on any atom is 0.229 e. The average Bonchev–Trinajstić information content (AvgIpc) is 2.61. The normalized spacial score (nSPS) is 10.4. The Kier molecular flexibility index (Phi) is 2.44. The minimum atomic E-state index is -0.162. The molecule has 1 N–H and O–H groups in total. The van der Waals surface area contributed by atoms with Gasteiger partial charge in [0.2, 0.25) is 11.8 Å². The topological polar surface area (TPSA) is 64.0 Å². The van der Waals surface area contributed by atoms with E-state index in [1.165, 1.54) is 24.7 Å². The van der Waals surface area contributed by atoms with Crippen LogP contribution in [0.4, 0.5) is 5.69 Å². The van der Waals surface area contributed by atoms with Crippen LogP contribution in [0.25, 0.3) is 11.0 Å². The molecule has 1 aromatic heterocycles. The number of aromatic nitrogens is 2. The molecule has 5 nitrogen and oxygen atoms in total. The van der Waals surface area contributed by atoms with Crippen LogP contribution >= 0.6 is 0 Å². The van der Waals surface area contributed by atoms with Crippen LogP contribution in [0.1, 0.15) is 18.6 Å². The SMILES string of the molecule is CC(=O)Nc1cccc2c1ncn2C(C)=O. The summed E-state index contributed by atoms with van der Waals surface area (Å²) in [6.07, 6.45) is 1.46. The number of hydrogen-bond acceptors (Lipinski definition) is 3. The minimum Gasteiger partial charge on any atom is -0.324 e. The molecule has 5 heteroatoms. The van der Waals surface area contributed by atoms with Crippen LogP contribution < -0.4 is 5.32 Å². The van der Waals surface area contributed by atoms with Crippen molar-refractivity contribution in [3.63, 3.8) is 0 Å². The molecule has 0 aliphatic rings. The summed E-state index contributed by atoms with van der Waals surface area (Å²) in [6, 6.07) is 5.31. The van der Waals surface area contributed by atoms with E-state index < -0.39 is 0 Å². The van der Waals surface area contributed by atoms with E-state index in [9.17, 15) is 9.59 Å². The van der Waals surface area contributed by atoms with Gasteiger partial charge in [0.1, 0.15) is 11.8 Å². The Morgan fingerprint density at radius 1 is 1.31 bits per heavy atom. The third-order valence-electron chi connectivity index (χ3n) is 2.23. The molecule has 0 saturated heterocycles. The molecule has 0 aliphatic carbocycles. The van der Waals surface area contributed by atoms with Gasteiger partial charge in [0.15, 0.2) is 0 Å². The van der Waals surface area contributed by atoms with Crippen LogP contribution in [0.15, 0.2) is 24.5 Å². The van der Waals surface area contributed by atoms with Gasteiger partial charge in [-0.1, -0.05) is 6.07 Å². The van der Waals surface area contributed by atoms with Crippen LogP contribution in [0, 0.1) is 0 Å². The van der Waals surface area contributed by atoms with Crippen molar-refractivity contribution in [1.29, 1.82) is 0 Å². The molecule has 0 fully saturated rings. The molecular formula is C11H11N3O2. The van der Waals surface area contributed by atoms with Gasteiger partial charge < -0.3 is 5.32 Å². The summed E-state index contributed by atoms with van der Waals surface area (Å²) >= 11 is 0. The van der Waals surface area contributed by atoms with Crippen molar-refractivity contribution in [3.05, 3.63) is 24.5 Å². The Morgan fingerprint density at radius 3 is 2.69 bits per heavy atom. The average molecular weight is 217 g/mol. The van der Waals surface area contributed by atoms with Gasteiger partial charge in [-0.3, -0.25) is 14.2 Å². The number of hydrogen-bond donors (Lipinski definition) is 1. The van der Waals surface area contributed by atoms with Gasteiger partial charge in [0.05, 0.1) is 11.2 Å². The van der Waals surface area contributed by atoms with Crippen molar-refractivity contribution in [1.82, 2.24) is 9.55 Å². The standard InChI is InChI=1S/C11H11N3O2/c1-7(15)13-9-4-3-5-10-11(9)12-6-14(10)8(2)16/h3-6H,1-2H3,(H,13,15). The number of para-hydroxylation sites is 1. The van der Waals surface area contributed by atoms with Gasteiger partial charge in [0, 0.05) is 13.8 Å². The maximum atomic E-state index is 11.3. The van der Waals surface area contributed by atoms with Gasteiger partial charge in [-0.05, 0) is 12.1 Å². The molecule has 0 aliphatic heterocycles. The van der Waals surface area contributed by atoms with E-state index >= 15 is 0 Å². The molecule has 82 valence electrons. The van der Waals surface area contributed by atoms with E-state index in [1.807, 2.05) is 0 Å². The summed E-state index contributed by atoms with van der Waals surface area (Å²) in [5.74, 6) is -0.271. The summed E-state index contributed by atoms with van der Waals surface area (Å²) in [5, 5.41) is 2.67. The highest BCUT2D eigenvalue weighted by Gasteiger charge is 2.09. The van der Waals surface area contributed by atoms with Gasteiger partial charge >= 0.3 is 0 Å². The van der Waals surface area contributed by atoms with Gasteiger partial charge in [-0.25, -0.2) is 4.98 Å². The van der Waals surface area contributed by atoms with Crippen LogP contribution in [0.2, 0.25) is 0 Å². The third-order valence-corrected chi connectivity index (χ3v) is 2.23. The zero-order chi connectivity index (χ0) is 11.7. The van der Waals surface area contributed by atoms with Crippen molar-refractivity contribution in [2.24, 2.45) is 0 Å². The fourth-order valence-corrected chi connectivity index (χ4v) is 1.58. The summed E-state index contributed by atoms with van der Waals surface area (Å²) in [7, 11) is 0. The zero-order valence-corrected chi connectivity index (χ0v) is 9.02. The molecule has 0 radical (unpaired) electrons. The molecule has 1 amide bonds. The molecule has 0 unspecified atom stereocenters. The van der Waals surface area contributed by atoms with E-state index in [-0.39, 0.29) is 11.8 Å². The van der Waals surface area contributed by atoms with Crippen molar-refractivity contribution in [2.75, 3.05) is 5.32 Å². The lowest BCUT2D eigenvalue weighted by Gasteiger charge is -2.03. The van der Waals surface area contributed by atoms with Crippen molar-refractivity contribution >= 4 is 28.5 Å². The van der Waals surface area contributed by atoms with Crippen LogP contribution in [0.5, 0.6) is 0 Å². The van der Waals surface area contributed by atoms with E-state index in [0.717, 1.165) is 0 Å². The monoisotopic (exact) mass is 217 g/mol. The first kappa shape index (κ1) is 10.4. The molecule has 2 rings (SSSR count). The Morgan fingerprint density at radius 2 is 2.06 bits per heavy atom. The quantitative estimate of drug-likeness (QED) is 0.790. The first-order chi connectivity index (χ1) is 7.59. The number of nitrogens with zero attached hydrogens (tertiary/aromatic N) is 2. The molecule has 0 spiro atoms. The van der Waals surface area contributed by atoms with E-state index in [0.29, 0.717) is 16.7 Å². The first-order valence-corrected chi connectivity index (χ1v) is 4.84. The first-order valence-electron chi connectivity index (χ1n) is 4.84. The highest BCUT2D eigenvalue weighted by molar-refractivity contribution is 6.00. The minimum absolute atomic E-state index is 0.109. The number of benzene rings is 1. The van der Waals surface area contributed by atoms with Gasteiger partial charge in [-0.15, -0.1) is 0 Å². The highest BCUT2D eigenvalue weighted by Crippen LogP contribution is 2.21. The lowest BCUT2D eigenvalue weighted by Crippen LogP contribution is -2.06. The molecule has 0 bridgehead atoms. The molecule has 2 aromatic rings. The number of imidazole rings is 1. The van der Waals surface area contributed by atoms with Crippen molar-refractivity contribution in [2.45, 2.75) is 13.8 Å². The Labute approximate surface area is 92.1 Å². The lowest BCUT2D eigenvalue weighted by atomic mass is 10.2. The molecule has 1 heterocycles. The molecular weight excluding hydrogens is 206 g/mol. The second-order valence-electron chi connectivity index (χ2n) is 3.49. The molecule has 0 saturated carbocycles. The molecule has 1 aromatic carbocycles. The van der Waals surface area contributed by atoms with E-state index in [4.69, 9.17) is 0 Å². The van der Waals surface area contributed by atoms with Gasteiger partial charge in [0.25, 0.3) is 0 Å². The summed E-state index contributed by atoms with van der Waals surface area (Å²) in [4.78, 5) is 26.4. The lowest BCUT2D eigenvalue weighted by molar-refractivity contribution is -0.114. The largest absolute Gasteiger partial charge is 0.324 e. The van der Waals surface area contributed by atoms with Crippen LogP contribution in [0.3, 0.4) is 0 Å². The number of rotatable bonds is 1. The number of carbonyl (C=O) groups is 2. The Balaban J connectivity index is 2.61. The number of amides is 1. The summed E-state index contributed by atoms with van der Waals surface area (Å²) in [5.41, 5.74) is 1.93. The van der Waals surface area contributed by atoms with Crippen LogP contribution in [-0.2, 0) is 4.79 Å². The zero-order valence-electron chi connectivity index (χ0n) is 9.02. The number of nitrogens with one attached hydrogen (secondary N) is 1. The third kappa shape index (κ3) is 1.67. The number of carbonyl (C=O) groups excluding carboxylic acids is 2. The second kappa shape index (κ2) is 3.77. The van der Waals surface area contributed by atoms with E-state index in [2.05, 4.69) is 10.3 Å². The summed E-state index contributed by atoms with van der Waals surface area (Å²) in [6.45, 7) is 2.90. The number of anilines is 1. The fourth-order valence-electron chi connectivity index (χ4n) is 1.58. The smallest absolute Gasteiger partial charge is 0.229 e. The predicted octanol–water partition coefficient (Wildman–Crippen LogP) is 1.65. The Hall–Kier alpha value is -2.17. The van der Waals surface area contributed by atoms with E-state index in [1.54, 1.807) is 18.2 Å². The van der Waals surface area contributed by atoms with Gasteiger partial charge in [-0.2, -0.15) is 0 Å². The highest BCUT2D eigenvalue weighted by atomic mass is 16.2. The Bertz CT molecular complexity index is 572. The summed E-state index contributed by atoms with van der Waals surface area (Å²) < 4.78 is 1.45. The van der Waals surface area contributed by atoms with Crippen molar-refractivity contribution < 1.29 is 9.59 Å². The fraction of sp³-hybridized carbons (Fsp3) is 0.182. The molecule has 16 heavy (non-hydrogen) atoms.